The maximum atomic E-state index is 13.5. The maximum Gasteiger partial charge on any atom is 0.226 e. The van der Waals surface area contributed by atoms with Crippen LogP contribution in [0.2, 0.25) is 0 Å². The van der Waals surface area contributed by atoms with Gasteiger partial charge in [0, 0.05) is 18.9 Å². The van der Waals surface area contributed by atoms with Crippen molar-refractivity contribution in [2.75, 3.05) is 19.8 Å². The molecule has 5 heteroatoms. The summed E-state index contributed by atoms with van der Waals surface area (Å²) in [5.74, 6) is -0.458. The standard InChI is InChI=1S/C20H28FNO3/c1-3-18(16-6-4-8-17(21)14-16)22-11-9-15(19(22)23)7-5-10-20(2)24-12-13-25-20/h4,6,8,14-15,18H,3,5,7,9-13H2,1-2H3/t15?,18-/m0/s1. The van der Waals surface area contributed by atoms with E-state index in [-0.39, 0.29) is 23.7 Å². The smallest absolute Gasteiger partial charge is 0.226 e. The number of hydrogen-bond acceptors (Lipinski definition) is 3. The third-order valence-corrected chi connectivity index (χ3v) is 5.43. The largest absolute Gasteiger partial charge is 0.348 e. The van der Waals surface area contributed by atoms with Gasteiger partial charge in [-0.15, -0.1) is 0 Å². The van der Waals surface area contributed by atoms with Crippen molar-refractivity contribution in [1.29, 1.82) is 0 Å². The average molecular weight is 349 g/mol. The molecule has 2 heterocycles. The van der Waals surface area contributed by atoms with E-state index in [1.54, 1.807) is 12.1 Å². The SMILES string of the molecule is CC[C@@H](c1cccc(F)c1)N1CCC(CCCC2(C)OCCO2)C1=O. The molecule has 0 N–H and O–H groups in total. The van der Waals surface area contributed by atoms with Gasteiger partial charge in [0.2, 0.25) is 5.91 Å². The summed E-state index contributed by atoms with van der Waals surface area (Å²) in [6, 6.07) is 6.58. The van der Waals surface area contributed by atoms with Crippen LogP contribution in [0.3, 0.4) is 0 Å². The Hall–Kier alpha value is -1.46. The van der Waals surface area contributed by atoms with E-state index in [1.165, 1.54) is 6.07 Å². The molecule has 4 nitrogen and oxygen atoms in total. The highest BCUT2D eigenvalue weighted by atomic mass is 19.1. The zero-order valence-corrected chi connectivity index (χ0v) is 15.2. The van der Waals surface area contributed by atoms with Crippen LogP contribution in [0, 0.1) is 11.7 Å². The van der Waals surface area contributed by atoms with Gasteiger partial charge in [0.15, 0.2) is 5.79 Å². The first-order chi connectivity index (χ1) is 12.0. The number of rotatable bonds is 7. The van der Waals surface area contributed by atoms with Crippen LogP contribution in [-0.4, -0.2) is 36.4 Å². The minimum atomic E-state index is -0.477. The molecule has 2 atom stereocenters. The van der Waals surface area contributed by atoms with Gasteiger partial charge >= 0.3 is 0 Å². The van der Waals surface area contributed by atoms with E-state index in [2.05, 4.69) is 0 Å². The first-order valence-corrected chi connectivity index (χ1v) is 9.36. The number of amides is 1. The van der Waals surface area contributed by atoms with E-state index >= 15 is 0 Å². The van der Waals surface area contributed by atoms with Crippen LogP contribution in [-0.2, 0) is 14.3 Å². The van der Waals surface area contributed by atoms with Crippen LogP contribution in [0.5, 0.6) is 0 Å². The van der Waals surface area contributed by atoms with E-state index in [9.17, 15) is 9.18 Å². The van der Waals surface area contributed by atoms with E-state index in [4.69, 9.17) is 9.47 Å². The summed E-state index contributed by atoms with van der Waals surface area (Å²) in [5, 5.41) is 0. The Bertz CT molecular complexity index is 600. The third-order valence-electron chi connectivity index (χ3n) is 5.43. The number of carbonyl (C=O) groups is 1. The number of hydrogen-bond donors (Lipinski definition) is 0. The Labute approximate surface area is 149 Å². The Morgan fingerprint density at radius 2 is 2.12 bits per heavy atom. The fourth-order valence-corrected chi connectivity index (χ4v) is 4.06. The lowest BCUT2D eigenvalue weighted by Crippen LogP contribution is -2.32. The van der Waals surface area contributed by atoms with Gasteiger partial charge in [0.1, 0.15) is 5.82 Å². The zero-order valence-electron chi connectivity index (χ0n) is 15.2. The number of likely N-dealkylation sites (tertiary alicyclic amines) is 1. The number of benzene rings is 1. The van der Waals surface area contributed by atoms with Crippen LogP contribution < -0.4 is 0 Å². The van der Waals surface area contributed by atoms with Gasteiger partial charge in [-0.2, -0.15) is 0 Å². The summed E-state index contributed by atoms with van der Waals surface area (Å²) >= 11 is 0. The van der Waals surface area contributed by atoms with E-state index in [0.29, 0.717) is 13.2 Å². The van der Waals surface area contributed by atoms with Crippen molar-refractivity contribution in [2.45, 2.75) is 57.8 Å². The van der Waals surface area contributed by atoms with Gasteiger partial charge in [-0.3, -0.25) is 4.79 Å². The maximum absolute atomic E-state index is 13.5. The fourth-order valence-electron chi connectivity index (χ4n) is 4.06. The summed E-state index contributed by atoms with van der Waals surface area (Å²) < 4.78 is 24.8. The Balaban J connectivity index is 1.57. The Morgan fingerprint density at radius 1 is 1.36 bits per heavy atom. The second-order valence-corrected chi connectivity index (χ2v) is 7.22. The van der Waals surface area contributed by atoms with Gasteiger partial charge < -0.3 is 14.4 Å². The van der Waals surface area contributed by atoms with E-state index in [1.807, 2.05) is 24.8 Å². The monoisotopic (exact) mass is 349 g/mol. The molecule has 2 aliphatic rings. The highest BCUT2D eigenvalue weighted by Crippen LogP contribution is 2.34. The van der Waals surface area contributed by atoms with Gasteiger partial charge in [0.25, 0.3) is 0 Å². The van der Waals surface area contributed by atoms with Crippen LogP contribution in [0.25, 0.3) is 0 Å². The van der Waals surface area contributed by atoms with Gasteiger partial charge in [-0.25, -0.2) is 4.39 Å². The zero-order chi connectivity index (χ0) is 17.9. The number of carbonyl (C=O) groups excluding carboxylic acids is 1. The molecule has 1 amide bonds. The molecule has 0 bridgehead atoms. The van der Waals surface area contributed by atoms with Crippen molar-refractivity contribution < 1.29 is 18.7 Å². The molecule has 138 valence electrons. The molecule has 1 aromatic rings. The first-order valence-electron chi connectivity index (χ1n) is 9.36. The molecule has 0 saturated carbocycles. The van der Waals surface area contributed by atoms with Crippen molar-refractivity contribution >= 4 is 5.91 Å². The fraction of sp³-hybridized carbons (Fsp3) is 0.650. The van der Waals surface area contributed by atoms with Crippen LogP contribution in [0.1, 0.15) is 57.6 Å². The highest BCUT2D eigenvalue weighted by Gasteiger charge is 2.36. The Morgan fingerprint density at radius 3 is 2.80 bits per heavy atom. The first kappa shape index (κ1) is 18.3. The second kappa shape index (κ2) is 7.83. The summed E-state index contributed by atoms with van der Waals surface area (Å²) in [4.78, 5) is 14.8. The van der Waals surface area contributed by atoms with Crippen molar-refractivity contribution in [3.63, 3.8) is 0 Å². The molecule has 1 aromatic carbocycles. The lowest BCUT2D eigenvalue weighted by atomic mass is 9.98. The minimum Gasteiger partial charge on any atom is -0.348 e. The second-order valence-electron chi connectivity index (χ2n) is 7.22. The van der Waals surface area contributed by atoms with E-state index < -0.39 is 5.79 Å². The summed E-state index contributed by atoms with van der Waals surface area (Å²) in [6.07, 6.45) is 4.26. The molecule has 0 aliphatic carbocycles. The summed E-state index contributed by atoms with van der Waals surface area (Å²) in [7, 11) is 0. The van der Waals surface area contributed by atoms with Gasteiger partial charge in [-0.1, -0.05) is 19.1 Å². The molecule has 2 aliphatic heterocycles. The number of nitrogens with zero attached hydrogens (tertiary/aromatic N) is 1. The van der Waals surface area contributed by atoms with Gasteiger partial charge in [-0.05, 0) is 50.3 Å². The number of halogens is 1. The quantitative estimate of drug-likeness (QED) is 0.745. The minimum absolute atomic E-state index is 0.0350. The van der Waals surface area contributed by atoms with Crippen LogP contribution in [0.15, 0.2) is 24.3 Å². The van der Waals surface area contributed by atoms with Crippen molar-refractivity contribution in [1.82, 2.24) is 4.90 Å². The normalized spacial score (nSPS) is 24.0. The molecule has 25 heavy (non-hydrogen) atoms. The van der Waals surface area contributed by atoms with Crippen molar-refractivity contribution in [2.24, 2.45) is 5.92 Å². The van der Waals surface area contributed by atoms with E-state index in [0.717, 1.165) is 44.2 Å². The molecule has 0 radical (unpaired) electrons. The van der Waals surface area contributed by atoms with Crippen LogP contribution >= 0.6 is 0 Å². The molecule has 0 aromatic heterocycles. The lowest BCUT2D eigenvalue weighted by molar-refractivity contribution is -0.148. The topological polar surface area (TPSA) is 38.8 Å². The highest BCUT2D eigenvalue weighted by molar-refractivity contribution is 5.81. The Kier molecular flexibility index (Phi) is 5.74. The average Bonchev–Trinajstić information content (AvgIpc) is 3.17. The predicted molar refractivity (Wildman–Crippen MR) is 93.4 cm³/mol. The van der Waals surface area contributed by atoms with Crippen molar-refractivity contribution in [3.8, 4) is 0 Å². The third kappa shape index (κ3) is 4.21. The molecular weight excluding hydrogens is 321 g/mol. The summed E-state index contributed by atoms with van der Waals surface area (Å²) in [5.41, 5.74) is 0.886. The molecule has 2 fully saturated rings. The molecule has 0 spiro atoms. The predicted octanol–water partition coefficient (Wildman–Crippen LogP) is 4.06. The lowest BCUT2D eigenvalue weighted by Gasteiger charge is -2.28. The van der Waals surface area contributed by atoms with Gasteiger partial charge in [0.05, 0.1) is 19.3 Å². The number of ether oxygens (including phenoxy) is 2. The molecule has 1 unspecified atom stereocenters. The molecular formula is C20H28FNO3. The summed E-state index contributed by atoms with van der Waals surface area (Å²) in [6.45, 7) is 6.07. The van der Waals surface area contributed by atoms with Crippen molar-refractivity contribution in [3.05, 3.63) is 35.6 Å². The van der Waals surface area contributed by atoms with Crippen LogP contribution in [0.4, 0.5) is 4.39 Å². The molecule has 3 rings (SSSR count). The molecule has 2 saturated heterocycles.